The lowest BCUT2D eigenvalue weighted by Crippen LogP contribution is -2.31. The molecule has 0 radical (unpaired) electrons. The van der Waals surface area contributed by atoms with E-state index < -0.39 is 0 Å². The molecule has 0 fully saturated rings. The van der Waals surface area contributed by atoms with E-state index in [0.717, 1.165) is 44.0 Å². The van der Waals surface area contributed by atoms with E-state index in [1.165, 1.54) is 5.56 Å². The molecule has 152 valence electrons. The highest BCUT2D eigenvalue weighted by Crippen LogP contribution is 2.22. The lowest BCUT2D eigenvalue weighted by molar-refractivity contribution is 0.302. The number of hydrogen-bond donors (Lipinski definition) is 1. The minimum absolute atomic E-state index is 0. The summed E-state index contributed by atoms with van der Waals surface area (Å²) in [6.45, 7) is 9.95. The number of halogens is 4. The summed E-state index contributed by atoms with van der Waals surface area (Å²) in [5.74, 6) is 0.831. The van der Waals surface area contributed by atoms with Crippen LogP contribution < -0.4 is 10.1 Å². The average Bonchev–Trinajstić information content (AvgIpc) is 2.62. The molecule has 0 amide bonds. The smallest absolute Gasteiger partial charge is 0.119 e. The van der Waals surface area contributed by atoms with Crippen LogP contribution in [0.1, 0.15) is 25.0 Å². The number of nitrogens with zero attached hydrogens (tertiary/aromatic N) is 1. The van der Waals surface area contributed by atoms with E-state index in [1.54, 1.807) is 6.07 Å². The van der Waals surface area contributed by atoms with Gasteiger partial charge in [0.05, 0.1) is 0 Å². The van der Waals surface area contributed by atoms with E-state index in [2.05, 4.69) is 36.2 Å². The van der Waals surface area contributed by atoms with Crippen LogP contribution in [0.25, 0.3) is 0 Å². The maximum absolute atomic E-state index is 6.16. The van der Waals surface area contributed by atoms with Gasteiger partial charge in [-0.3, -0.25) is 0 Å². The zero-order valence-corrected chi connectivity index (χ0v) is 18.9. The molecule has 0 aromatic heterocycles. The van der Waals surface area contributed by atoms with Gasteiger partial charge in [0.15, 0.2) is 0 Å². The van der Waals surface area contributed by atoms with Crippen LogP contribution in [0.5, 0.6) is 5.75 Å². The first-order chi connectivity index (χ1) is 12.1. The average molecular weight is 454 g/mol. The third-order valence-electron chi connectivity index (χ3n) is 4.16. The van der Waals surface area contributed by atoms with Gasteiger partial charge in [-0.05, 0) is 42.9 Å². The summed E-state index contributed by atoms with van der Waals surface area (Å²) in [4.78, 5) is 2.41. The van der Waals surface area contributed by atoms with Gasteiger partial charge in [-0.2, -0.15) is 0 Å². The molecule has 0 bridgehead atoms. The fourth-order valence-corrected chi connectivity index (χ4v) is 2.98. The van der Waals surface area contributed by atoms with Crippen LogP contribution in [-0.4, -0.2) is 31.1 Å². The molecule has 0 heterocycles. The molecule has 2 rings (SSSR count). The molecule has 0 aliphatic carbocycles. The summed E-state index contributed by atoms with van der Waals surface area (Å²) < 4.78 is 5.80. The van der Waals surface area contributed by atoms with Gasteiger partial charge in [-0.25, -0.2) is 0 Å². The Morgan fingerprint density at radius 2 is 1.63 bits per heavy atom. The Bertz CT molecular complexity index is 649. The van der Waals surface area contributed by atoms with Gasteiger partial charge < -0.3 is 15.0 Å². The van der Waals surface area contributed by atoms with Crippen LogP contribution in [-0.2, 0) is 13.2 Å². The molecule has 0 saturated heterocycles. The first-order valence-corrected chi connectivity index (χ1v) is 9.46. The standard InChI is InChI=1S/C20H26Cl2N2O.2ClH/c1-3-24(4-2)12-11-23-14-16-5-9-19(10-6-16)25-15-17-7-8-18(21)13-20(17)22;;/h5-10,13,23H,3-4,11-12,14-15H2,1-2H3;2*1H. The largest absolute Gasteiger partial charge is 0.489 e. The maximum atomic E-state index is 6.16. The Morgan fingerprint density at radius 1 is 0.963 bits per heavy atom. The van der Waals surface area contributed by atoms with Crippen molar-refractivity contribution in [2.75, 3.05) is 26.2 Å². The summed E-state index contributed by atoms with van der Waals surface area (Å²) in [6.07, 6.45) is 0. The topological polar surface area (TPSA) is 24.5 Å². The van der Waals surface area contributed by atoms with Crippen molar-refractivity contribution >= 4 is 48.0 Å². The molecule has 2 aromatic rings. The van der Waals surface area contributed by atoms with Crippen LogP contribution >= 0.6 is 48.0 Å². The summed E-state index contributed by atoms with van der Waals surface area (Å²) in [5, 5.41) is 4.74. The van der Waals surface area contributed by atoms with Crippen LogP contribution in [0.3, 0.4) is 0 Å². The first kappa shape index (κ1) is 26.3. The molecule has 0 aliphatic rings. The van der Waals surface area contributed by atoms with Crippen molar-refractivity contribution < 1.29 is 4.74 Å². The monoisotopic (exact) mass is 452 g/mol. The lowest BCUT2D eigenvalue weighted by Gasteiger charge is -2.18. The Kier molecular flexibility index (Phi) is 14.0. The Hall–Kier alpha value is -0.680. The third-order valence-corrected chi connectivity index (χ3v) is 4.75. The normalized spacial score (nSPS) is 10.3. The van der Waals surface area contributed by atoms with Crippen LogP contribution in [0, 0.1) is 0 Å². The number of likely N-dealkylation sites (N-methyl/N-ethyl adjacent to an activating group) is 1. The third kappa shape index (κ3) is 9.38. The maximum Gasteiger partial charge on any atom is 0.119 e. The number of hydrogen-bond acceptors (Lipinski definition) is 3. The first-order valence-electron chi connectivity index (χ1n) is 8.71. The van der Waals surface area contributed by atoms with E-state index in [4.69, 9.17) is 27.9 Å². The Balaban J connectivity index is 0.00000338. The molecule has 0 aliphatic heterocycles. The van der Waals surface area contributed by atoms with Crippen molar-refractivity contribution in [1.82, 2.24) is 10.2 Å². The highest BCUT2D eigenvalue weighted by atomic mass is 35.5. The van der Waals surface area contributed by atoms with Gasteiger partial charge in [0, 0.05) is 35.2 Å². The van der Waals surface area contributed by atoms with E-state index in [-0.39, 0.29) is 24.8 Å². The lowest BCUT2D eigenvalue weighted by atomic mass is 10.2. The zero-order valence-electron chi connectivity index (χ0n) is 15.7. The zero-order chi connectivity index (χ0) is 18.1. The minimum atomic E-state index is 0. The van der Waals surface area contributed by atoms with Crippen molar-refractivity contribution in [3.8, 4) is 5.75 Å². The molecule has 1 N–H and O–H groups in total. The van der Waals surface area contributed by atoms with E-state index in [9.17, 15) is 0 Å². The molecular formula is C20H28Cl4N2O. The summed E-state index contributed by atoms with van der Waals surface area (Å²) in [5.41, 5.74) is 2.17. The van der Waals surface area contributed by atoms with Gasteiger partial charge in [-0.1, -0.05) is 55.2 Å². The second-order valence-corrected chi connectivity index (χ2v) is 6.72. The Morgan fingerprint density at radius 3 is 2.22 bits per heavy atom. The SMILES string of the molecule is CCN(CC)CCNCc1ccc(OCc2ccc(Cl)cc2Cl)cc1.Cl.Cl. The van der Waals surface area contributed by atoms with Crippen molar-refractivity contribution in [3.63, 3.8) is 0 Å². The second kappa shape index (κ2) is 14.3. The van der Waals surface area contributed by atoms with E-state index in [0.29, 0.717) is 16.7 Å². The van der Waals surface area contributed by atoms with Crippen molar-refractivity contribution in [2.45, 2.75) is 27.0 Å². The minimum Gasteiger partial charge on any atom is -0.489 e. The molecule has 0 spiro atoms. The van der Waals surface area contributed by atoms with Crippen LogP contribution in [0.4, 0.5) is 0 Å². The molecule has 3 nitrogen and oxygen atoms in total. The van der Waals surface area contributed by atoms with Crippen molar-refractivity contribution in [1.29, 1.82) is 0 Å². The molecule has 27 heavy (non-hydrogen) atoms. The summed E-state index contributed by atoms with van der Waals surface area (Å²) in [6, 6.07) is 13.6. The molecule has 0 saturated carbocycles. The van der Waals surface area contributed by atoms with Crippen molar-refractivity contribution in [3.05, 3.63) is 63.6 Å². The van der Waals surface area contributed by atoms with E-state index in [1.807, 2.05) is 24.3 Å². The predicted octanol–water partition coefficient (Wildman–Crippen LogP) is 5.85. The van der Waals surface area contributed by atoms with Crippen molar-refractivity contribution in [2.24, 2.45) is 0 Å². The quantitative estimate of drug-likeness (QED) is 0.456. The van der Waals surface area contributed by atoms with Gasteiger partial charge in [0.1, 0.15) is 12.4 Å². The number of ether oxygens (including phenoxy) is 1. The fourth-order valence-electron chi connectivity index (χ4n) is 2.51. The van der Waals surface area contributed by atoms with Crippen LogP contribution in [0.15, 0.2) is 42.5 Å². The number of rotatable bonds is 10. The van der Waals surface area contributed by atoms with Crippen LogP contribution in [0.2, 0.25) is 10.0 Å². The molecule has 7 heteroatoms. The Labute approximate surface area is 185 Å². The van der Waals surface area contributed by atoms with Gasteiger partial charge in [0.25, 0.3) is 0 Å². The number of nitrogens with one attached hydrogen (secondary N) is 1. The fraction of sp³-hybridized carbons (Fsp3) is 0.400. The summed E-state index contributed by atoms with van der Waals surface area (Å²) in [7, 11) is 0. The number of benzene rings is 2. The molecular weight excluding hydrogens is 426 g/mol. The molecule has 0 unspecified atom stereocenters. The van der Waals surface area contributed by atoms with Gasteiger partial charge >= 0.3 is 0 Å². The van der Waals surface area contributed by atoms with Gasteiger partial charge in [0.2, 0.25) is 0 Å². The highest BCUT2D eigenvalue weighted by Gasteiger charge is 2.03. The predicted molar refractivity (Wildman–Crippen MR) is 121 cm³/mol. The van der Waals surface area contributed by atoms with Gasteiger partial charge in [-0.15, -0.1) is 24.8 Å². The van der Waals surface area contributed by atoms with E-state index >= 15 is 0 Å². The highest BCUT2D eigenvalue weighted by molar-refractivity contribution is 6.35. The molecule has 0 atom stereocenters. The second-order valence-electron chi connectivity index (χ2n) is 5.87. The molecule has 2 aromatic carbocycles. The summed E-state index contributed by atoms with van der Waals surface area (Å²) >= 11 is 12.1.